The van der Waals surface area contributed by atoms with Crippen LogP contribution in [0.25, 0.3) is 0 Å². The van der Waals surface area contributed by atoms with Gasteiger partial charge in [-0.25, -0.2) is 0 Å². The minimum Gasteiger partial charge on any atom is -0.382 e. The minimum atomic E-state index is -4.45. The van der Waals surface area contributed by atoms with Crippen molar-refractivity contribution in [1.29, 1.82) is 0 Å². The molecule has 1 aromatic rings. The summed E-state index contributed by atoms with van der Waals surface area (Å²) in [6.45, 7) is 5.81. The van der Waals surface area contributed by atoms with Crippen molar-refractivity contribution in [1.82, 2.24) is 4.90 Å². The van der Waals surface area contributed by atoms with Crippen LogP contribution < -0.4 is 5.32 Å². The molecule has 7 heteroatoms. The van der Waals surface area contributed by atoms with E-state index in [0.29, 0.717) is 18.8 Å². The van der Waals surface area contributed by atoms with Gasteiger partial charge in [0, 0.05) is 25.3 Å². The Labute approximate surface area is 127 Å². The first-order chi connectivity index (χ1) is 9.90. The Balaban J connectivity index is 1.97. The summed E-state index contributed by atoms with van der Waals surface area (Å²) in [5.41, 5.74) is -0.433. The summed E-state index contributed by atoms with van der Waals surface area (Å²) in [6, 6.07) is 3.83. The first-order valence-corrected chi connectivity index (χ1v) is 7.22. The summed E-state index contributed by atoms with van der Waals surface area (Å²) in [7, 11) is 0. The topological polar surface area (TPSA) is 24.5 Å². The Morgan fingerprint density at radius 3 is 2.86 bits per heavy atom. The zero-order valence-corrected chi connectivity index (χ0v) is 12.5. The molecule has 0 saturated carbocycles. The van der Waals surface area contributed by atoms with Crippen LogP contribution in [-0.4, -0.2) is 43.8 Å². The molecular weight excluding hydrogens is 305 g/mol. The first-order valence-electron chi connectivity index (χ1n) is 6.84. The third-order valence-electron chi connectivity index (χ3n) is 3.48. The van der Waals surface area contributed by atoms with E-state index in [1.165, 1.54) is 12.1 Å². The lowest BCUT2D eigenvalue weighted by molar-refractivity contribution is -0.137. The van der Waals surface area contributed by atoms with E-state index in [9.17, 15) is 13.2 Å². The molecule has 1 fully saturated rings. The molecule has 0 aromatic heterocycles. The van der Waals surface area contributed by atoms with Crippen molar-refractivity contribution in [2.24, 2.45) is 0 Å². The Morgan fingerprint density at radius 2 is 2.19 bits per heavy atom. The highest BCUT2D eigenvalue weighted by atomic mass is 35.5. The molecule has 0 bridgehead atoms. The Morgan fingerprint density at radius 1 is 1.43 bits per heavy atom. The highest BCUT2D eigenvalue weighted by molar-refractivity contribution is 6.31. The molecule has 1 aliphatic heterocycles. The van der Waals surface area contributed by atoms with Crippen molar-refractivity contribution in [3.8, 4) is 0 Å². The van der Waals surface area contributed by atoms with E-state index in [1.807, 2.05) is 0 Å². The molecule has 2 rings (SSSR count). The Hall–Kier alpha value is -0.980. The molecule has 1 N–H and O–H groups in total. The number of alkyl halides is 3. The van der Waals surface area contributed by atoms with Crippen molar-refractivity contribution in [3.63, 3.8) is 0 Å². The predicted molar refractivity (Wildman–Crippen MR) is 76.8 cm³/mol. The molecule has 1 aliphatic rings. The van der Waals surface area contributed by atoms with E-state index in [-0.39, 0.29) is 11.1 Å². The summed E-state index contributed by atoms with van der Waals surface area (Å²) < 4.78 is 43.9. The summed E-state index contributed by atoms with van der Waals surface area (Å²) >= 11 is 5.59. The zero-order chi connectivity index (χ0) is 15.5. The number of nitrogens with zero attached hydrogens (tertiary/aromatic N) is 1. The lowest BCUT2D eigenvalue weighted by Crippen LogP contribution is -2.45. The molecule has 118 valence electrons. The smallest absolute Gasteiger partial charge is 0.382 e. The minimum absolute atomic E-state index is 0.0243. The van der Waals surface area contributed by atoms with E-state index in [1.54, 1.807) is 0 Å². The molecule has 0 spiro atoms. The molecule has 0 radical (unpaired) electrons. The summed E-state index contributed by atoms with van der Waals surface area (Å²) in [5, 5.41) is 2.70. The van der Waals surface area contributed by atoms with Gasteiger partial charge in [0.15, 0.2) is 0 Å². The molecule has 0 amide bonds. The fraction of sp³-hybridized carbons (Fsp3) is 0.571. The SMILES string of the molecule is CCN1CCOC(CNc2ccc(Cl)c(C(F)(F)F)c2)C1. The van der Waals surface area contributed by atoms with Gasteiger partial charge in [-0.2, -0.15) is 13.2 Å². The van der Waals surface area contributed by atoms with Gasteiger partial charge in [0.25, 0.3) is 0 Å². The zero-order valence-electron chi connectivity index (χ0n) is 11.7. The van der Waals surface area contributed by atoms with Crippen molar-refractivity contribution in [3.05, 3.63) is 28.8 Å². The molecular formula is C14H18ClF3N2O. The van der Waals surface area contributed by atoms with Gasteiger partial charge < -0.3 is 10.1 Å². The normalized spacial score (nSPS) is 20.5. The third kappa shape index (κ3) is 4.49. The highest BCUT2D eigenvalue weighted by Gasteiger charge is 2.33. The Bertz CT molecular complexity index is 482. The maximum Gasteiger partial charge on any atom is 0.417 e. The van der Waals surface area contributed by atoms with Gasteiger partial charge in [0.2, 0.25) is 0 Å². The van der Waals surface area contributed by atoms with Crippen LogP contribution in [0.5, 0.6) is 0 Å². The van der Waals surface area contributed by atoms with Gasteiger partial charge in [-0.3, -0.25) is 4.90 Å². The number of rotatable bonds is 4. The van der Waals surface area contributed by atoms with Crippen molar-refractivity contribution >= 4 is 17.3 Å². The monoisotopic (exact) mass is 322 g/mol. The number of anilines is 1. The van der Waals surface area contributed by atoms with E-state index in [0.717, 1.165) is 25.7 Å². The van der Waals surface area contributed by atoms with Gasteiger partial charge in [-0.1, -0.05) is 18.5 Å². The quantitative estimate of drug-likeness (QED) is 0.918. The van der Waals surface area contributed by atoms with Crippen molar-refractivity contribution < 1.29 is 17.9 Å². The molecule has 1 atom stereocenters. The van der Waals surface area contributed by atoms with Crippen molar-refractivity contribution in [2.45, 2.75) is 19.2 Å². The van der Waals surface area contributed by atoms with E-state index in [2.05, 4.69) is 17.1 Å². The molecule has 3 nitrogen and oxygen atoms in total. The van der Waals surface area contributed by atoms with Gasteiger partial charge in [-0.15, -0.1) is 0 Å². The maximum atomic E-state index is 12.8. The fourth-order valence-corrected chi connectivity index (χ4v) is 2.50. The summed E-state index contributed by atoms with van der Waals surface area (Å²) in [5.74, 6) is 0. The fourth-order valence-electron chi connectivity index (χ4n) is 2.28. The summed E-state index contributed by atoms with van der Waals surface area (Å²) in [4.78, 5) is 2.25. The van der Waals surface area contributed by atoms with Crippen molar-refractivity contribution in [2.75, 3.05) is 38.1 Å². The lowest BCUT2D eigenvalue weighted by Gasteiger charge is -2.32. The average Bonchev–Trinajstić information content (AvgIpc) is 2.45. The molecule has 1 saturated heterocycles. The maximum absolute atomic E-state index is 12.8. The van der Waals surface area contributed by atoms with Gasteiger partial charge in [0.1, 0.15) is 0 Å². The highest BCUT2D eigenvalue weighted by Crippen LogP contribution is 2.36. The molecule has 0 aliphatic carbocycles. The number of likely N-dealkylation sites (N-methyl/N-ethyl adjacent to an activating group) is 1. The van der Waals surface area contributed by atoms with Crippen LogP contribution >= 0.6 is 11.6 Å². The van der Waals surface area contributed by atoms with E-state index < -0.39 is 11.7 Å². The van der Waals surface area contributed by atoms with Crippen LogP contribution in [0.2, 0.25) is 5.02 Å². The number of hydrogen-bond acceptors (Lipinski definition) is 3. The van der Waals surface area contributed by atoms with E-state index in [4.69, 9.17) is 16.3 Å². The van der Waals surface area contributed by atoms with Crippen LogP contribution in [0.3, 0.4) is 0 Å². The Kier molecular flexibility index (Phi) is 5.35. The van der Waals surface area contributed by atoms with E-state index >= 15 is 0 Å². The number of hydrogen-bond donors (Lipinski definition) is 1. The van der Waals surface area contributed by atoms with Gasteiger partial charge >= 0.3 is 6.18 Å². The molecule has 1 aromatic carbocycles. The van der Waals surface area contributed by atoms with Crippen LogP contribution in [0.1, 0.15) is 12.5 Å². The second kappa shape index (κ2) is 6.85. The number of benzene rings is 1. The number of nitrogens with one attached hydrogen (secondary N) is 1. The first kappa shape index (κ1) is 16.4. The second-order valence-corrected chi connectivity index (χ2v) is 5.37. The third-order valence-corrected chi connectivity index (χ3v) is 3.81. The van der Waals surface area contributed by atoms with Gasteiger partial charge in [0.05, 0.1) is 23.3 Å². The van der Waals surface area contributed by atoms with Crippen LogP contribution in [0.15, 0.2) is 18.2 Å². The lowest BCUT2D eigenvalue weighted by atomic mass is 10.2. The average molecular weight is 323 g/mol. The summed E-state index contributed by atoms with van der Waals surface area (Å²) in [6.07, 6.45) is -4.47. The largest absolute Gasteiger partial charge is 0.417 e. The molecule has 21 heavy (non-hydrogen) atoms. The van der Waals surface area contributed by atoms with Crippen LogP contribution in [-0.2, 0) is 10.9 Å². The number of halogens is 4. The standard InChI is InChI=1S/C14H18ClF3N2O/c1-2-20-5-6-21-11(9-20)8-19-10-3-4-13(15)12(7-10)14(16,17)18/h3-4,7,11,19H,2,5-6,8-9H2,1H3. The predicted octanol–water partition coefficient (Wildman–Crippen LogP) is 3.49. The number of ether oxygens (including phenoxy) is 1. The molecule has 1 heterocycles. The molecule has 1 unspecified atom stereocenters. The van der Waals surface area contributed by atoms with Crippen LogP contribution in [0.4, 0.5) is 18.9 Å². The van der Waals surface area contributed by atoms with Gasteiger partial charge in [-0.05, 0) is 24.7 Å². The second-order valence-electron chi connectivity index (χ2n) is 4.96. The number of morpholine rings is 1. The van der Waals surface area contributed by atoms with Crippen LogP contribution in [0, 0.1) is 0 Å².